The van der Waals surface area contributed by atoms with Crippen LogP contribution in [0.25, 0.3) is 54.6 Å². The Balaban J connectivity index is 1.08. The molecule has 0 saturated carbocycles. The van der Waals surface area contributed by atoms with Crippen LogP contribution >= 0.6 is 0 Å². The molecule has 0 unspecified atom stereocenters. The van der Waals surface area contributed by atoms with Crippen molar-refractivity contribution >= 4 is 88.8 Å². The van der Waals surface area contributed by atoms with Crippen LogP contribution in [-0.2, 0) is 21.7 Å². The number of rotatable bonds is 6. The summed E-state index contributed by atoms with van der Waals surface area (Å²) in [6, 6.07) is 58.0. The van der Waals surface area contributed by atoms with Crippen molar-refractivity contribution in [2.24, 2.45) is 0 Å². The minimum Gasteiger partial charge on any atom is -0.456 e. The molecule has 0 aliphatic rings. The van der Waals surface area contributed by atoms with Crippen molar-refractivity contribution in [3.8, 4) is 0 Å². The second kappa shape index (κ2) is 15.4. The molecule has 332 valence electrons. The van der Waals surface area contributed by atoms with Crippen LogP contribution in [0, 0.1) is 0 Å². The van der Waals surface area contributed by atoms with Crippen LogP contribution < -0.4 is 9.80 Å². The molecule has 0 atom stereocenters. The van der Waals surface area contributed by atoms with E-state index in [0.29, 0.717) is 0 Å². The van der Waals surface area contributed by atoms with Crippen LogP contribution in [0.5, 0.6) is 0 Å². The summed E-state index contributed by atoms with van der Waals surface area (Å²) in [5.41, 5.74) is 15.4. The zero-order valence-electron chi connectivity index (χ0n) is 40.7. The van der Waals surface area contributed by atoms with E-state index in [9.17, 15) is 0 Å². The summed E-state index contributed by atoms with van der Waals surface area (Å²) >= 11 is 0. The van der Waals surface area contributed by atoms with Crippen molar-refractivity contribution < 1.29 is 8.83 Å². The lowest BCUT2D eigenvalue weighted by molar-refractivity contribution is 0.590. The highest BCUT2D eigenvalue weighted by Crippen LogP contribution is 2.45. The van der Waals surface area contributed by atoms with Gasteiger partial charge in [-0.1, -0.05) is 132 Å². The molecule has 8 aromatic carbocycles. The van der Waals surface area contributed by atoms with E-state index in [4.69, 9.17) is 8.83 Å². The molecule has 4 heteroatoms. The predicted molar refractivity (Wildman–Crippen MR) is 283 cm³/mol. The summed E-state index contributed by atoms with van der Waals surface area (Å²) in [4.78, 5) is 4.67. The van der Waals surface area contributed by atoms with Crippen molar-refractivity contribution in [1.29, 1.82) is 0 Å². The Morgan fingerprint density at radius 1 is 0.258 bits per heavy atom. The minimum atomic E-state index is 0.0604. The Hall–Kier alpha value is -6.78. The van der Waals surface area contributed by atoms with E-state index in [1.807, 2.05) is 0 Å². The number of benzene rings is 8. The maximum Gasteiger partial charge on any atom is 0.137 e. The SMILES string of the molecule is CC(C)(C)c1ccc(N(c2ccc(C(C)(C)C)cc2)c2ccc3c(c2)oc2ccc4c(ccc5oc6cc(N(c7ccc(C(C)(C)C)cc7)c7ccc(C(C)(C)C)cc7)ccc6c54)c23)cc1. The summed E-state index contributed by atoms with van der Waals surface area (Å²) in [7, 11) is 0. The van der Waals surface area contributed by atoms with E-state index in [2.05, 4.69) is 251 Å². The Labute approximate surface area is 390 Å². The topological polar surface area (TPSA) is 32.8 Å². The molecular weight excluding hydrogens is 805 g/mol. The van der Waals surface area contributed by atoms with E-state index < -0.39 is 0 Å². The summed E-state index contributed by atoms with van der Waals surface area (Å²) < 4.78 is 13.5. The standard InChI is InChI=1S/C62H62N2O2/c1-59(2,3)39-13-21-43(22-14-39)63(44-23-15-40(16-24-44)60(4,5)6)47-29-31-51-55(37-47)65-53-35-33-50-49(57(51)53)34-36-54-58(50)52-32-30-48(38-56(52)66-54)64(45-25-17-41(18-26-45)61(7,8)9)46-27-19-42(20-28-46)62(10,11)12/h13-38H,1-12H3. The second-order valence-corrected chi connectivity index (χ2v) is 22.4. The van der Waals surface area contributed by atoms with Crippen molar-refractivity contribution in [3.63, 3.8) is 0 Å². The van der Waals surface area contributed by atoms with Gasteiger partial charge in [0.2, 0.25) is 0 Å². The number of nitrogens with zero attached hydrogens (tertiary/aromatic N) is 2. The van der Waals surface area contributed by atoms with Gasteiger partial charge in [0.15, 0.2) is 0 Å². The highest BCUT2D eigenvalue weighted by atomic mass is 16.3. The first kappa shape index (κ1) is 43.1. The molecule has 10 aromatic rings. The number of furan rings is 2. The minimum absolute atomic E-state index is 0.0604. The summed E-state index contributed by atoms with van der Waals surface area (Å²) in [6.07, 6.45) is 0. The van der Waals surface area contributed by atoms with Crippen LogP contribution in [0.3, 0.4) is 0 Å². The highest BCUT2D eigenvalue weighted by molar-refractivity contribution is 6.27. The molecule has 0 saturated heterocycles. The molecule has 66 heavy (non-hydrogen) atoms. The maximum atomic E-state index is 6.75. The Morgan fingerprint density at radius 2 is 0.500 bits per heavy atom. The monoisotopic (exact) mass is 866 g/mol. The van der Waals surface area contributed by atoms with Crippen molar-refractivity contribution in [3.05, 3.63) is 180 Å². The first-order valence-corrected chi connectivity index (χ1v) is 23.5. The first-order chi connectivity index (χ1) is 31.2. The van der Waals surface area contributed by atoms with Gasteiger partial charge in [-0.05, 0) is 152 Å². The molecule has 0 fully saturated rings. The maximum absolute atomic E-state index is 6.75. The third kappa shape index (κ3) is 7.70. The van der Waals surface area contributed by atoms with E-state index in [1.54, 1.807) is 0 Å². The molecule has 4 nitrogen and oxygen atoms in total. The normalized spacial score (nSPS) is 12.8. The van der Waals surface area contributed by atoms with E-state index >= 15 is 0 Å². The molecule has 0 aliphatic heterocycles. The van der Waals surface area contributed by atoms with Crippen molar-refractivity contribution in [2.45, 2.75) is 105 Å². The van der Waals surface area contributed by atoms with Crippen LogP contribution in [0.2, 0.25) is 0 Å². The van der Waals surface area contributed by atoms with E-state index in [1.165, 1.54) is 22.3 Å². The average Bonchev–Trinajstić information content (AvgIpc) is 3.84. The van der Waals surface area contributed by atoms with Crippen LogP contribution in [0.1, 0.15) is 105 Å². The van der Waals surface area contributed by atoms with Gasteiger partial charge in [-0.15, -0.1) is 0 Å². The molecule has 2 aromatic heterocycles. The van der Waals surface area contributed by atoms with Gasteiger partial charge < -0.3 is 18.6 Å². The number of hydrogen-bond donors (Lipinski definition) is 0. The zero-order valence-corrected chi connectivity index (χ0v) is 40.7. The number of hydrogen-bond acceptors (Lipinski definition) is 4. The quantitative estimate of drug-likeness (QED) is 0.167. The van der Waals surface area contributed by atoms with Gasteiger partial charge in [-0.3, -0.25) is 0 Å². The Kier molecular flexibility index (Phi) is 10.1. The zero-order chi connectivity index (χ0) is 46.5. The van der Waals surface area contributed by atoms with Crippen molar-refractivity contribution in [1.82, 2.24) is 0 Å². The largest absolute Gasteiger partial charge is 0.456 e. The molecular formula is C62H62N2O2. The van der Waals surface area contributed by atoms with Crippen LogP contribution in [0.15, 0.2) is 167 Å². The fourth-order valence-corrected chi connectivity index (χ4v) is 9.55. The smallest absolute Gasteiger partial charge is 0.137 e. The van der Waals surface area contributed by atoms with Gasteiger partial charge in [0.25, 0.3) is 0 Å². The fraction of sp³-hybridized carbons (Fsp3) is 0.258. The summed E-state index contributed by atoms with van der Waals surface area (Å²) in [6.45, 7) is 27.1. The molecule has 0 N–H and O–H groups in total. The molecule has 0 spiro atoms. The lowest BCUT2D eigenvalue weighted by Gasteiger charge is -2.28. The second-order valence-electron chi connectivity index (χ2n) is 22.4. The third-order valence-electron chi connectivity index (χ3n) is 13.5. The van der Waals surface area contributed by atoms with Crippen LogP contribution in [0.4, 0.5) is 34.1 Å². The highest BCUT2D eigenvalue weighted by Gasteiger charge is 2.23. The molecule has 0 aliphatic carbocycles. The Bertz CT molecular complexity index is 3070. The Morgan fingerprint density at radius 3 is 0.758 bits per heavy atom. The first-order valence-electron chi connectivity index (χ1n) is 23.5. The average molecular weight is 867 g/mol. The molecule has 0 bridgehead atoms. The lowest BCUT2D eigenvalue weighted by atomic mass is 9.86. The molecule has 10 rings (SSSR count). The van der Waals surface area contributed by atoms with Gasteiger partial charge in [-0.25, -0.2) is 0 Å². The lowest BCUT2D eigenvalue weighted by Crippen LogP contribution is -2.14. The number of anilines is 6. The predicted octanol–water partition coefficient (Wildman–Crippen LogP) is 18.8. The summed E-state index contributed by atoms with van der Waals surface area (Å²) in [5.74, 6) is 0. The molecule has 0 radical (unpaired) electrons. The van der Waals surface area contributed by atoms with Gasteiger partial charge in [0.1, 0.15) is 22.3 Å². The van der Waals surface area contributed by atoms with Gasteiger partial charge >= 0.3 is 0 Å². The molecule has 0 amide bonds. The van der Waals surface area contributed by atoms with E-state index in [0.717, 1.165) is 88.8 Å². The fourth-order valence-electron chi connectivity index (χ4n) is 9.55. The third-order valence-corrected chi connectivity index (χ3v) is 13.5. The molecule has 2 heterocycles. The van der Waals surface area contributed by atoms with Crippen molar-refractivity contribution in [2.75, 3.05) is 9.80 Å². The summed E-state index contributed by atoms with van der Waals surface area (Å²) in [5, 5.41) is 6.69. The van der Waals surface area contributed by atoms with Gasteiger partial charge in [0, 0.05) is 67.8 Å². The van der Waals surface area contributed by atoms with Crippen LogP contribution in [-0.4, -0.2) is 0 Å². The van der Waals surface area contributed by atoms with Gasteiger partial charge in [0.05, 0.1) is 0 Å². The van der Waals surface area contributed by atoms with E-state index in [-0.39, 0.29) is 21.7 Å². The number of fused-ring (bicyclic) bond motifs is 9. The van der Waals surface area contributed by atoms with Gasteiger partial charge in [-0.2, -0.15) is 0 Å².